The predicted molar refractivity (Wildman–Crippen MR) is 127 cm³/mol. The Morgan fingerprint density at radius 1 is 1.28 bits per heavy atom. The van der Waals surface area contributed by atoms with E-state index in [4.69, 9.17) is 17.0 Å². The maximum atomic E-state index is 12.8. The van der Waals surface area contributed by atoms with E-state index >= 15 is 0 Å². The van der Waals surface area contributed by atoms with E-state index in [0.717, 1.165) is 38.0 Å². The third kappa shape index (κ3) is 5.39. The molecule has 3 fully saturated rings. The van der Waals surface area contributed by atoms with Crippen LogP contribution < -0.4 is 16.0 Å². The van der Waals surface area contributed by atoms with E-state index in [1.54, 1.807) is 7.11 Å². The molecule has 3 aliphatic rings. The van der Waals surface area contributed by atoms with Crippen LogP contribution in [0.3, 0.4) is 0 Å². The van der Waals surface area contributed by atoms with Gasteiger partial charge < -0.3 is 25.6 Å². The molecule has 0 radical (unpaired) electrons. The van der Waals surface area contributed by atoms with E-state index in [-0.39, 0.29) is 36.0 Å². The first kappa shape index (κ1) is 22.9. The molecule has 3 N–H and O–H groups in total. The molecule has 174 valence electrons. The van der Waals surface area contributed by atoms with E-state index in [2.05, 4.69) is 20.9 Å². The first-order valence-electron chi connectivity index (χ1n) is 11.5. The number of hydrogen-bond donors (Lipinski definition) is 3. The molecule has 0 aromatic heterocycles. The molecule has 4 atom stereocenters. The monoisotopic (exact) mass is 459 g/mol. The minimum Gasteiger partial charge on any atom is -0.383 e. The van der Waals surface area contributed by atoms with Gasteiger partial charge in [0.1, 0.15) is 0 Å². The second-order valence-electron chi connectivity index (χ2n) is 8.89. The van der Waals surface area contributed by atoms with Crippen LogP contribution in [0.4, 0.5) is 5.69 Å². The molecule has 8 nitrogen and oxygen atoms in total. The predicted octanol–water partition coefficient (Wildman–Crippen LogP) is 1.33. The number of likely N-dealkylation sites (tertiary alicyclic amines) is 1. The molecule has 0 saturated carbocycles. The lowest BCUT2D eigenvalue weighted by molar-refractivity contribution is -0.133. The number of carbonyl (C=O) groups excluding carboxylic acids is 2. The van der Waals surface area contributed by atoms with Gasteiger partial charge in [0.05, 0.1) is 18.7 Å². The van der Waals surface area contributed by atoms with E-state index in [9.17, 15) is 9.59 Å². The van der Waals surface area contributed by atoms with Crippen molar-refractivity contribution in [2.75, 3.05) is 38.7 Å². The fraction of sp³-hybridized carbons (Fsp3) is 0.609. The number of hydrogen-bond acceptors (Lipinski definition) is 5. The molecule has 4 rings (SSSR count). The van der Waals surface area contributed by atoms with Gasteiger partial charge in [-0.1, -0.05) is 18.2 Å². The molecular formula is C23H33N5O3S. The molecule has 0 bridgehead atoms. The van der Waals surface area contributed by atoms with E-state index in [1.807, 2.05) is 35.2 Å². The summed E-state index contributed by atoms with van der Waals surface area (Å²) in [5.74, 6) is 0.263. The molecule has 0 unspecified atom stereocenters. The summed E-state index contributed by atoms with van der Waals surface area (Å²) in [6, 6.07) is 10.1. The van der Waals surface area contributed by atoms with Crippen LogP contribution in [-0.2, 0) is 14.3 Å². The molecule has 3 aliphatic heterocycles. The van der Waals surface area contributed by atoms with Crippen LogP contribution in [0.2, 0.25) is 0 Å². The average Bonchev–Trinajstić information content (AvgIpc) is 3.42. The summed E-state index contributed by atoms with van der Waals surface area (Å²) < 4.78 is 5.28. The van der Waals surface area contributed by atoms with Gasteiger partial charge in [0.15, 0.2) is 5.11 Å². The quantitative estimate of drug-likeness (QED) is 0.531. The van der Waals surface area contributed by atoms with E-state index in [0.29, 0.717) is 31.1 Å². The maximum Gasteiger partial charge on any atom is 0.237 e. The topological polar surface area (TPSA) is 85.9 Å². The van der Waals surface area contributed by atoms with Crippen LogP contribution in [0.15, 0.2) is 30.3 Å². The van der Waals surface area contributed by atoms with Crippen LogP contribution >= 0.6 is 12.2 Å². The van der Waals surface area contributed by atoms with Crippen LogP contribution in [0.25, 0.3) is 0 Å². The van der Waals surface area contributed by atoms with Crippen LogP contribution in [0.1, 0.15) is 32.1 Å². The van der Waals surface area contributed by atoms with Gasteiger partial charge in [0.25, 0.3) is 0 Å². The molecule has 0 aliphatic carbocycles. The van der Waals surface area contributed by atoms with Crippen molar-refractivity contribution in [2.45, 2.75) is 56.3 Å². The summed E-state index contributed by atoms with van der Waals surface area (Å²) in [5.41, 5.74) is 0.934. The van der Waals surface area contributed by atoms with Gasteiger partial charge in [-0.25, -0.2) is 0 Å². The van der Waals surface area contributed by atoms with Gasteiger partial charge in [-0.3, -0.25) is 14.5 Å². The van der Waals surface area contributed by atoms with Gasteiger partial charge >= 0.3 is 0 Å². The standard InChI is InChI=1S/C23H33N5O3S/c1-31-15-19-8-5-11-27(19)21(29)10-9-18-13-24-22(30)20-12-17(14-28(18)20)26-23(32)25-16-6-3-2-4-7-16/h2-4,6-7,17-20H,5,8-15H2,1H3,(H,24,30)(H2,25,26,32)/t17-,18+,19-,20-/m0/s1. The number of piperazine rings is 1. The first-order chi connectivity index (χ1) is 15.5. The first-order valence-corrected chi connectivity index (χ1v) is 11.9. The lowest BCUT2D eigenvalue weighted by atomic mass is 10.0. The fourth-order valence-corrected chi connectivity index (χ4v) is 5.47. The van der Waals surface area contributed by atoms with Crippen molar-refractivity contribution in [3.63, 3.8) is 0 Å². The van der Waals surface area contributed by atoms with Crippen LogP contribution in [0.5, 0.6) is 0 Å². The van der Waals surface area contributed by atoms with Crippen molar-refractivity contribution in [3.8, 4) is 0 Å². The number of para-hydroxylation sites is 1. The van der Waals surface area contributed by atoms with Crippen molar-refractivity contribution in [3.05, 3.63) is 30.3 Å². The molecule has 3 saturated heterocycles. The Hall–Kier alpha value is -2.23. The maximum absolute atomic E-state index is 12.8. The Bertz CT molecular complexity index is 823. The van der Waals surface area contributed by atoms with Gasteiger partial charge in [-0.15, -0.1) is 0 Å². The Balaban J connectivity index is 1.30. The zero-order valence-corrected chi connectivity index (χ0v) is 19.4. The fourth-order valence-electron chi connectivity index (χ4n) is 5.19. The molecule has 0 spiro atoms. The number of benzene rings is 1. The number of nitrogens with zero attached hydrogens (tertiary/aromatic N) is 2. The van der Waals surface area contributed by atoms with Gasteiger partial charge in [-0.05, 0) is 50.0 Å². The average molecular weight is 460 g/mol. The number of amides is 2. The van der Waals surface area contributed by atoms with Crippen molar-refractivity contribution in [2.24, 2.45) is 0 Å². The number of ether oxygens (including phenoxy) is 1. The number of thiocarbonyl (C=S) groups is 1. The molecule has 9 heteroatoms. The second kappa shape index (κ2) is 10.6. The smallest absolute Gasteiger partial charge is 0.237 e. The van der Waals surface area contributed by atoms with Crippen molar-refractivity contribution >= 4 is 34.8 Å². The second-order valence-corrected chi connectivity index (χ2v) is 9.29. The van der Waals surface area contributed by atoms with Crippen molar-refractivity contribution < 1.29 is 14.3 Å². The van der Waals surface area contributed by atoms with Crippen LogP contribution in [-0.4, -0.2) is 84.2 Å². The number of methoxy groups -OCH3 is 1. The van der Waals surface area contributed by atoms with Gasteiger partial charge in [0.2, 0.25) is 11.8 Å². The van der Waals surface area contributed by atoms with E-state index in [1.165, 1.54) is 0 Å². The third-order valence-electron chi connectivity index (χ3n) is 6.74. The normalized spacial score (nSPS) is 27.7. The van der Waals surface area contributed by atoms with Crippen molar-refractivity contribution in [1.82, 2.24) is 20.4 Å². The highest BCUT2D eigenvalue weighted by Crippen LogP contribution is 2.27. The van der Waals surface area contributed by atoms with E-state index < -0.39 is 0 Å². The molecular weight excluding hydrogens is 426 g/mol. The number of carbonyl (C=O) groups is 2. The lowest BCUT2D eigenvalue weighted by Crippen LogP contribution is -2.58. The Kier molecular flexibility index (Phi) is 7.59. The summed E-state index contributed by atoms with van der Waals surface area (Å²) in [6.45, 7) is 2.75. The number of nitrogens with one attached hydrogen (secondary N) is 3. The third-order valence-corrected chi connectivity index (χ3v) is 6.96. The minimum absolute atomic E-state index is 0.0681. The zero-order chi connectivity index (χ0) is 22.5. The molecule has 3 heterocycles. The highest BCUT2D eigenvalue weighted by atomic mass is 32.1. The van der Waals surface area contributed by atoms with Gasteiger partial charge in [0, 0.05) is 50.9 Å². The van der Waals surface area contributed by atoms with Crippen LogP contribution in [0, 0.1) is 0 Å². The summed E-state index contributed by atoms with van der Waals surface area (Å²) in [6.07, 6.45) is 3.99. The Morgan fingerprint density at radius 2 is 2.09 bits per heavy atom. The number of rotatable bonds is 7. The highest BCUT2D eigenvalue weighted by Gasteiger charge is 2.43. The zero-order valence-electron chi connectivity index (χ0n) is 18.6. The summed E-state index contributed by atoms with van der Waals surface area (Å²) in [4.78, 5) is 29.6. The lowest BCUT2D eigenvalue weighted by Gasteiger charge is -2.37. The highest BCUT2D eigenvalue weighted by molar-refractivity contribution is 7.80. The number of anilines is 1. The summed E-state index contributed by atoms with van der Waals surface area (Å²) in [7, 11) is 1.69. The SMILES string of the molecule is COC[C@@H]1CCCN1C(=O)CC[C@@H]1CNC(=O)[C@@H]2C[C@H](NC(=S)Nc3ccccc3)CN12. The Labute approximate surface area is 195 Å². The number of fused-ring (bicyclic) bond motifs is 1. The molecule has 1 aromatic rings. The van der Waals surface area contributed by atoms with Gasteiger partial charge in [-0.2, -0.15) is 0 Å². The summed E-state index contributed by atoms with van der Waals surface area (Å²) >= 11 is 5.47. The molecule has 32 heavy (non-hydrogen) atoms. The van der Waals surface area contributed by atoms with Crippen molar-refractivity contribution in [1.29, 1.82) is 0 Å². The summed E-state index contributed by atoms with van der Waals surface area (Å²) in [5, 5.41) is 10.2. The molecule has 1 aromatic carbocycles. The largest absolute Gasteiger partial charge is 0.383 e. The Morgan fingerprint density at radius 3 is 2.88 bits per heavy atom. The minimum atomic E-state index is -0.172. The molecule has 2 amide bonds.